The lowest BCUT2D eigenvalue weighted by Crippen LogP contribution is -2.50. The van der Waals surface area contributed by atoms with Gasteiger partial charge in [0.15, 0.2) is 0 Å². The maximum Gasteiger partial charge on any atom is 0.242 e. The van der Waals surface area contributed by atoms with Crippen LogP contribution in [0.5, 0.6) is 5.75 Å². The molecule has 2 aromatic carbocycles. The minimum atomic E-state index is -0.700. The lowest BCUT2D eigenvalue weighted by Gasteiger charge is -2.30. The number of hydrogen-bond acceptors (Lipinski definition) is 3. The number of ether oxygens (including phenoxy) is 1. The molecule has 2 unspecified atom stereocenters. The number of nitrogens with zero attached hydrogens (tertiary/aromatic N) is 1. The largest absolute Gasteiger partial charge is 0.497 e. The van der Waals surface area contributed by atoms with Crippen molar-refractivity contribution in [3.8, 4) is 5.75 Å². The van der Waals surface area contributed by atoms with Crippen LogP contribution < -0.4 is 10.1 Å². The molecular weight excluding hydrogens is 371 g/mol. The van der Waals surface area contributed by atoms with Crippen LogP contribution in [0.25, 0.3) is 0 Å². The first-order chi connectivity index (χ1) is 13.8. The third kappa shape index (κ3) is 6.31. The number of carbonyl (C=O) groups excluding carboxylic acids is 2. The summed E-state index contributed by atoms with van der Waals surface area (Å²) in [5.41, 5.74) is 1.14. The Morgan fingerprint density at radius 2 is 1.86 bits per heavy atom. The van der Waals surface area contributed by atoms with Crippen LogP contribution in [-0.4, -0.2) is 35.9 Å². The molecule has 2 rings (SSSR count). The van der Waals surface area contributed by atoms with E-state index in [1.165, 1.54) is 11.0 Å². The summed E-state index contributed by atoms with van der Waals surface area (Å²) in [6, 6.07) is 12.8. The highest BCUT2D eigenvalue weighted by Crippen LogP contribution is 2.18. The molecule has 0 aliphatic rings. The van der Waals surface area contributed by atoms with Crippen molar-refractivity contribution >= 4 is 11.8 Å². The summed E-state index contributed by atoms with van der Waals surface area (Å²) >= 11 is 0. The summed E-state index contributed by atoms with van der Waals surface area (Å²) < 4.78 is 19.3. The Morgan fingerprint density at radius 3 is 2.52 bits per heavy atom. The summed E-state index contributed by atoms with van der Waals surface area (Å²) in [7, 11) is 1.57. The van der Waals surface area contributed by atoms with Gasteiger partial charge in [-0.15, -0.1) is 0 Å². The van der Waals surface area contributed by atoms with Crippen molar-refractivity contribution in [2.24, 2.45) is 0 Å². The lowest BCUT2D eigenvalue weighted by molar-refractivity contribution is -0.140. The fourth-order valence-electron chi connectivity index (χ4n) is 2.92. The zero-order valence-electron chi connectivity index (χ0n) is 17.4. The Balaban J connectivity index is 2.26. The Kier molecular flexibility index (Phi) is 8.19. The van der Waals surface area contributed by atoms with Gasteiger partial charge < -0.3 is 15.0 Å². The van der Waals surface area contributed by atoms with Crippen LogP contribution in [0.2, 0.25) is 0 Å². The zero-order chi connectivity index (χ0) is 21.4. The van der Waals surface area contributed by atoms with Crippen molar-refractivity contribution in [1.82, 2.24) is 10.2 Å². The molecule has 5 nitrogen and oxygen atoms in total. The van der Waals surface area contributed by atoms with Crippen molar-refractivity contribution in [2.45, 2.75) is 52.2 Å². The highest BCUT2D eigenvalue weighted by Gasteiger charge is 2.27. The van der Waals surface area contributed by atoms with E-state index in [1.807, 2.05) is 38.1 Å². The number of nitrogens with one attached hydrogen (secondary N) is 1. The van der Waals surface area contributed by atoms with Crippen LogP contribution in [-0.2, 0) is 22.6 Å². The summed E-state index contributed by atoms with van der Waals surface area (Å²) in [5.74, 6) is -0.312. The maximum absolute atomic E-state index is 14.0. The van der Waals surface area contributed by atoms with Gasteiger partial charge >= 0.3 is 0 Å². The predicted molar refractivity (Wildman–Crippen MR) is 111 cm³/mol. The van der Waals surface area contributed by atoms with E-state index in [0.717, 1.165) is 12.0 Å². The number of benzene rings is 2. The van der Waals surface area contributed by atoms with E-state index in [1.54, 1.807) is 32.2 Å². The molecule has 1 N–H and O–H groups in total. The van der Waals surface area contributed by atoms with Crippen molar-refractivity contribution < 1.29 is 18.7 Å². The molecule has 0 aromatic heterocycles. The molecule has 2 aromatic rings. The highest BCUT2D eigenvalue weighted by molar-refractivity contribution is 5.88. The van der Waals surface area contributed by atoms with Crippen molar-refractivity contribution in [2.75, 3.05) is 7.11 Å². The van der Waals surface area contributed by atoms with E-state index in [-0.39, 0.29) is 30.8 Å². The van der Waals surface area contributed by atoms with Crippen LogP contribution in [0.4, 0.5) is 4.39 Å². The van der Waals surface area contributed by atoms with Crippen LogP contribution in [0.15, 0.2) is 48.5 Å². The second-order valence-corrected chi connectivity index (χ2v) is 7.14. The van der Waals surface area contributed by atoms with Gasteiger partial charge in [0.25, 0.3) is 0 Å². The number of amides is 2. The Labute approximate surface area is 171 Å². The van der Waals surface area contributed by atoms with Gasteiger partial charge in [0.1, 0.15) is 17.6 Å². The smallest absolute Gasteiger partial charge is 0.242 e. The second-order valence-electron chi connectivity index (χ2n) is 7.14. The fourth-order valence-corrected chi connectivity index (χ4v) is 2.92. The monoisotopic (exact) mass is 400 g/mol. The van der Waals surface area contributed by atoms with E-state index < -0.39 is 11.9 Å². The number of halogens is 1. The SMILES string of the molecule is CCC(C)NC(=O)C(C)N(Cc1cccc(OC)c1)C(=O)Cc1ccccc1F. The molecule has 0 radical (unpaired) electrons. The maximum atomic E-state index is 14.0. The number of hydrogen-bond donors (Lipinski definition) is 1. The molecule has 2 atom stereocenters. The van der Waals surface area contributed by atoms with Gasteiger partial charge in [0, 0.05) is 12.6 Å². The number of methoxy groups -OCH3 is 1. The normalized spacial score (nSPS) is 12.7. The zero-order valence-corrected chi connectivity index (χ0v) is 17.4. The van der Waals surface area contributed by atoms with Gasteiger partial charge in [-0.3, -0.25) is 9.59 Å². The Hall–Kier alpha value is -2.89. The minimum Gasteiger partial charge on any atom is -0.497 e. The standard InChI is InChI=1S/C23H29FN2O3/c1-5-16(2)25-23(28)17(3)26(15-18-9-8-11-20(13-18)29-4)22(27)14-19-10-6-7-12-21(19)24/h6-13,16-17H,5,14-15H2,1-4H3,(H,25,28). The summed E-state index contributed by atoms with van der Waals surface area (Å²) in [6.45, 7) is 5.81. The molecular formula is C23H29FN2O3. The van der Waals surface area contributed by atoms with E-state index >= 15 is 0 Å². The van der Waals surface area contributed by atoms with Crippen molar-refractivity contribution in [3.05, 3.63) is 65.5 Å². The molecule has 0 fully saturated rings. The molecule has 0 bridgehead atoms. The molecule has 0 aliphatic heterocycles. The Morgan fingerprint density at radius 1 is 1.14 bits per heavy atom. The van der Waals surface area contributed by atoms with E-state index in [0.29, 0.717) is 11.3 Å². The third-order valence-corrected chi connectivity index (χ3v) is 4.95. The van der Waals surface area contributed by atoms with Crippen LogP contribution in [0.3, 0.4) is 0 Å². The molecule has 2 amide bonds. The van der Waals surface area contributed by atoms with Gasteiger partial charge in [0.2, 0.25) is 11.8 Å². The minimum absolute atomic E-state index is 0.00490. The van der Waals surface area contributed by atoms with Crippen LogP contribution >= 0.6 is 0 Å². The van der Waals surface area contributed by atoms with Crippen LogP contribution in [0.1, 0.15) is 38.3 Å². The number of rotatable bonds is 9. The summed E-state index contributed by atoms with van der Waals surface area (Å²) in [5, 5.41) is 2.92. The number of carbonyl (C=O) groups is 2. The van der Waals surface area contributed by atoms with E-state index in [4.69, 9.17) is 4.74 Å². The molecule has 156 valence electrons. The van der Waals surface area contributed by atoms with Gasteiger partial charge in [0.05, 0.1) is 13.5 Å². The van der Waals surface area contributed by atoms with Crippen LogP contribution in [0, 0.1) is 5.82 Å². The van der Waals surface area contributed by atoms with E-state index in [9.17, 15) is 14.0 Å². The van der Waals surface area contributed by atoms with Gasteiger partial charge in [-0.05, 0) is 49.6 Å². The predicted octanol–water partition coefficient (Wildman–Crippen LogP) is 3.71. The van der Waals surface area contributed by atoms with Gasteiger partial charge in [-0.1, -0.05) is 37.3 Å². The average Bonchev–Trinajstić information content (AvgIpc) is 2.73. The first-order valence-electron chi connectivity index (χ1n) is 9.81. The topological polar surface area (TPSA) is 58.6 Å². The quantitative estimate of drug-likeness (QED) is 0.698. The van der Waals surface area contributed by atoms with Crippen molar-refractivity contribution in [1.29, 1.82) is 0 Å². The molecule has 0 aliphatic carbocycles. The molecule has 0 heterocycles. The average molecular weight is 400 g/mol. The fraction of sp³-hybridized carbons (Fsp3) is 0.391. The first kappa shape index (κ1) is 22.4. The van der Waals surface area contributed by atoms with Gasteiger partial charge in [-0.2, -0.15) is 0 Å². The highest BCUT2D eigenvalue weighted by atomic mass is 19.1. The first-order valence-corrected chi connectivity index (χ1v) is 9.81. The summed E-state index contributed by atoms with van der Waals surface area (Å²) in [6.07, 6.45) is 0.676. The third-order valence-electron chi connectivity index (χ3n) is 4.95. The molecule has 29 heavy (non-hydrogen) atoms. The Bertz CT molecular complexity index is 840. The molecule has 6 heteroatoms. The lowest BCUT2D eigenvalue weighted by atomic mass is 10.1. The van der Waals surface area contributed by atoms with E-state index in [2.05, 4.69) is 5.32 Å². The molecule has 0 spiro atoms. The van der Waals surface area contributed by atoms with Crippen molar-refractivity contribution in [3.63, 3.8) is 0 Å². The molecule has 0 saturated carbocycles. The molecule has 0 saturated heterocycles. The second kappa shape index (κ2) is 10.6. The van der Waals surface area contributed by atoms with Gasteiger partial charge in [-0.25, -0.2) is 4.39 Å². The summed E-state index contributed by atoms with van der Waals surface area (Å²) in [4.78, 5) is 27.2.